The molecule has 0 aliphatic carbocycles. The van der Waals surface area contributed by atoms with E-state index in [0.29, 0.717) is 25.2 Å². The Kier molecular flexibility index (Phi) is 5.59. The summed E-state index contributed by atoms with van der Waals surface area (Å²) in [6, 6.07) is -0.239. The molecule has 6 heteroatoms. The molecule has 0 amide bonds. The summed E-state index contributed by atoms with van der Waals surface area (Å²) in [5, 5.41) is 3.24. The summed E-state index contributed by atoms with van der Waals surface area (Å²) < 4.78 is 27.4. The first kappa shape index (κ1) is 15.4. The van der Waals surface area contributed by atoms with Gasteiger partial charge in [0.2, 0.25) is 0 Å². The number of esters is 1. The van der Waals surface area contributed by atoms with Crippen molar-refractivity contribution in [3.63, 3.8) is 0 Å². The van der Waals surface area contributed by atoms with Crippen molar-refractivity contribution in [3.8, 4) is 0 Å². The minimum absolute atomic E-state index is 0.0939. The second-order valence-electron chi connectivity index (χ2n) is 5.30. The van der Waals surface area contributed by atoms with Crippen LogP contribution in [-0.2, 0) is 19.4 Å². The van der Waals surface area contributed by atoms with Gasteiger partial charge in [0.25, 0.3) is 0 Å². The van der Waals surface area contributed by atoms with E-state index in [0.717, 1.165) is 0 Å². The van der Waals surface area contributed by atoms with Crippen LogP contribution in [0.15, 0.2) is 0 Å². The molecule has 1 aliphatic heterocycles. The monoisotopic (exact) mass is 277 g/mol. The summed E-state index contributed by atoms with van der Waals surface area (Å²) in [5.74, 6) is 0.534. The van der Waals surface area contributed by atoms with Gasteiger partial charge in [-0.05, 0) is 25.2 Å². The fourth-order valence-electron chi connectivity index (χ4n) is 2.19. The van der Waals surface area contributed by atoms with Gasteiger partial charge in [0.1, 0.15) is 15.9 Å². The maximum Gasteiger partial charge on any atom is 0.322 e. The van der Waals surface area contributed by atoms with Crippen LogP contribution in [0, 0.1) is 5.92 Å². The summed E-state index contributed by atoms with van der Waals surface area (Å²) in [7, 11) is -1.48. The van der Waals surface area contributed by atoms with Crippen LogP contribution in [0.4, 0.5) is 0 Å². The number of ether oxygens (including phenoxy) is 1. The van der Waals surface area contributed by atoms with Crippen molar-refractivity contribution in [3.05, 3.63) is 0 Å². The van der Waals surface area contributed by atoms with Crippen molar-refractivity contribution in [1.29, 1.82) is 0 Å². The molecule has 1 N–H and O–H groups in total. The number of carbonyl (C=O) groups is 1. The summed E-state index contributed by atoms with van der Waals surface area (Å²) in [6.45, 7) is 4.09. The first-order valence-electron chi connectivity index (χ1n) is 6.38. The van der Waals surface area contributed by atoms with Gasteiger partial charge in [-0.15, -0.1) is 0 Å². The van der Waals surface area contributed by atoms with Gasteiger partial charge in [0, 0.05) is 6.04 Å². The molecule has 106 valence electrons. The average molecular weight is 277 g/mol. The Balaban J connectivity index is 2.53. The molecule has 1 heterocycles. The van der Waals surface area contributed by atoms with Crippen LogP contribution in [0.1, 0.15) is 33.1 Å². The van der Waals surface area contributed by atoms with Gasteiger partial charge in [-0.25, -0.2) is 8.42 Å². The second kappa shape index (κ2) is 6.52. The summed E-state index contributed by atoms with van der Waals surface area (Å²) in [6.07, 6.45) is 1.86. The van der Waals surface area contributed by atoms with Crippen molar-refractivity contribution in [2.75, 3.05) is 18.6 Å². The number of hydrogen-bond donors (Lipinski definition) is 1. The van der Waals surface area contributed by atoms with Crippen LogP contribution in [0.2, 0.25) is 0 Å². The molecular weight excluding hydrogens is 254 g/mol. The maximum absolute atomic E-state index is 11.6. The van der Waals surface area contributed by atoms with Crippen LogP contribution >= 0.6 is 0 Å². The van der Waals surface area contributed by atoms with E-state index in [-0.39, 0.29) is 29.6 Å². The third kappa shape index (κ3) is 4.94. The van der Waals surface area contributed by atoms with E-state index < -0.39 is 9.84 Å². The Morgan fingerprint density at radius 2 is 1.89 bits per heavy atom. The van der Waals surface area contributed by atoms with Crippen molar-refractivity contribution in [2.45, 2.75) is 45.2 Å². The zero-order chi connectivity index (χ0) is 13.8. The lowest BCUT2D eigenvalue weighted by Gasteiger charge is -2.28. The largest absolute Gasteiger partial charge is 0.468 e. The fourth-order valence-corrected chi connectivity index (χ4v) is 3.68. The average Bonchev–Trinajstić information content (AvgIpc) is 2.29. The number of methoxy groups -OCH3 is 1. The Morgan fingerprint density at radius 3 is 2.33 bits per heavy atom. The van der Waals surface area contributed by atoms with Crippen LogP contribution in [0.5, 0.6) is 0 Å². The Hall–Kier alpha value is -0.620. The molecule has 0 aromatic carbocycles. The molecule has 0 aromatic heterocycles. The van der Waals surface area contributed by atoms with Gasteiger partial charge < -0.3 is 10.1 Å². The van der Waals surface area contributed by atoms with Gasteiger partial charge in [-0.3, -0.25) is 4.79 Å². The minimum Gasteiger partial charge on any atom is -0.468 e. The first-order valence-corrected chi connectivity index (χ1v) is 8.20. The highest BCUT2D eigenvalue weighted by Crippen LogP contribution is 2.15. The highest BCUT2D eigenvalue weighted by molar-refractivity contribution is 7.91. The molecule has 0 saturated carbocycles. The van der Waals surface area contributed by atoms with Crippen molar-refractivity contribution < 1.29 is 17.9 Å². The molecular formula is C12H23NO4S. The summed E-state index contributed by atoms with van der Waals surface area (Å²) in [5.41, 5.74) is 0. The van der Waals surface area contributed by atoms with E-state index >= 15 is 0 Å². The van der Waals surface area contributed by atoms with E-state index in [1.807, 2.05) is 13.8 Å². The lowest BCUT2D eigenvalue weighted by molar-refractivity contribution is -0.143. The number of carbonyl (C=O) groups excluding carboxylic acids is 1. The third-order valence-electron chi connectivity index (χ3n) is 3.18. The van der Waals surface area contributed by atoms with E-state index in [1.165, 1.54) is 7.11 Å². The molecule has 1 unspecified atom stereocenters. The molecule has 0 aromatic rings. The first-order chi connectivity index (χ1) is 8.34. The number of sulfone groups is 1. The second-order valence-corrected chi connectivity index (χ2v) is 7.60. The molecule has 1 saturated heterocycles. The van der Waals surface area contributed by atoms with Crippen LogP contribution < -0.4 is 5.32 Å². The van der Waals surface area contributed by atoms with E-state index in [9.17, 15) is 13.2 Å². The lowest BCUT2D eigenvalue weighted by Crippen LogP contribution is -2.47. The molecule has 0 bridgehead atoms. The molecule has 1 rings (SSSR count). The van der Waals surface area contributed by atoms with Crippen LogP contribution in [0.25, 0.3) is 0 Å². The smallest absolute Gasteiger partial charge is 0.322 e. The topological polar surface area (TPSA) is 72.5 Å². The van der Waals surface area contributed by atoms with Crippen LogP contribution in [0.3, 0.4) is 0 Å². The van der Waals surface area contributed by atoms with Gasteiger partial charge in [0.15, 0.2) is 0 Å². The summed E-state index contributed by atoms with van der Waals surface area (Å²) in [4.78, 5) is 11.6. The van der Waals surface area contributed by atoms with Gasteiger partial charge in [0.05, 0.1) is 18.6 Å². The number of nitrogens with one attached hydrogen (secondary N) is 1. The predicted octanol–water partition coefficient (Wildman–Crippen LogP) is 0.741. The fraction of sp³-hybridized carbons (Fsp3) is 0.917. The standard InChI is InChI=1S/C12H23NO4S/c1-9(2)8-11(12(14)17-3)13-10-4-6-18(15,16)7-5-10/h9-11,13H,4-8H2,1-3H3. The predicted molar refractivity (Wildman–Crippen MR) is 70.1 cm³/mol. The molecule has 0 spiro atoms. The van der Waals surface area contributed by atoms with Gasteiger partial charge in [-0.1, -0.05) is 13.8 Å². The highest BCUT2D eigenvalue weighted by Gasteiger charge is 2.28. The van der Waals surface area contributed by atoms with Gasteiger partial charge >= 0.3 is 5.97 Å². The molecule has 1 atom stereocenters. The molecule has 0 radical (unpaired) electrons. The molecule has 18 heavy (non-hydrogen) atoms. The maximum atomic E-state index is 11.6. The minimum atomic E-state index is -2.86. The van der Waals surface area contributed by atoms with E-state index in [4.69, 9.17) is 4.74 Å². The Bertz CT molecular complexity index is 364. The van der Waals surface area contributed by atoms with E-state index in [2.05, 4.69) is 5.32 Å². The quantitative estimate of drug-likeness (QED) is 0.750. The third-order valence-corrected chi connectivity index (χ3v) is 4.90. The molecule has 5 nitrogen and oxygen atoms in total. The van der Waals surface area contributed by atoms with Crippen LogP contribution in [-0.4, -0.2) is 45.1 Å². The van der Waals surface area contributed by atoms with Crippen molar-refractivity contribution >= 4 is 15.8 Å². The zero-order valence-electron chi connectivity index (χ0n) is 11.3. The highest BCUT2D eigenvalue weighted by atomic mass is 32.2. The molecule has 1 fully saturated rings. The zero-order valence-corrected chi connectivity index (χ0v) is 12.1. The normalized spacial score (nSPS) is 21.8. The number of hydrogen-bond acceptors (Lipinski definition) is 5. The van der Waals surface area contributed by atoms with Gasteiger partial charge in [-0.2, -0.15) is 0 Å². The summed E-state index contributed by atoms with van der Waals surface area (Å²) >= 11 is 0. The van der Waals surface area contributed by atoms with Crippen molar-refractivity contribution in [2.24, 2.45) is 5.92 Å². The number of rotatable bonds is 5. The van der Waals surface area contributed by atoms with Crippen molar-refractivity contribution in [1.82, 2.24) is 5.32 Å². The Labute approximate surface area is 109 Å². The lowest BCUT2D eigenvalue weighted by atomic mass is 10.0. The Morgan fingerprint density at radius 1 is 1.33 bits per heavy atom. The SMILES string of the molecule is COC(=O)C(CC(C)C)NC1CCS(=O)(=O)CC1. The molecule has 1 aliphatic rings. The van der Waals surface area contributed by atoms with E-state index in [1.54, 1.807) is 0 Å².